The van der Waals surface area contributed by atoms with Crippen LogP contribution in [0.25, 0.3) is 16.8 Å². The second-order valence-electron chi connectivity index (χ2n) is 6.91. The van der Waals surface area contributed by atoms with Crippen LogP contribution in [0.3, 0.4) is 0 Å². The molecule has 3 aromatic rings. The van der Waals surface area contributed by atoms with Gasteiger partial charge in [-0.3, -0.25) is 0 Å². The Morgan fingerprint density at radius 3 is 2.47 bits per heavy atom. The highest BCUT2D eigenvalue weighted by Gasteiger charge is 2.21. The van der Waals surface area contributed by atoms with Gasteiger partial charge in [-0.1, -0.05) is 23.2 Å². The van der Waals surface area contributed by atoms with Crippen molar-refractivity contribution in [1.82, 2.24) is 19.9 Å². The van der Waals surface area contributed by atoms with Crippen LogP contribution in [-0.2, 0) is 0 Å². The minimum absolute atomic E-state index is 0.267. The largest absolute Gasteiger partial charge is 0.497 e. The zero-order valence-electron chi connectivity index (χ0n) is 17.0. The van der Waals surface area contributed by atoms with E-state index in [9.17, 15) is 5.11 Å². The van der Waals surface area contributed by atoms with E-state index in [1.165, 1.54) is 0 Å². The molecule has 1 unspecified atom stereocenters. The van der Waals surface area contributed by atoms with E-state index in [0.29, 0.717) is 46.6 Å². The smallest absolute Gasteiger partial charge is 0.165 e. The number of aromatic nitrogens is 3. The van der Waals surface area contributed by atoms with Crippen molar-refractivity contribution < 1.29 is 14.9 Å². The number of nitrogens with one attached hydrogen (secondary N) is 2. The third-order valence-corrected chi connectivity index (χ3v) is 5.19. The standard InChI is InChI=1S/C20H25Cl2N5O3/c1-11-6-17(24-5-4-23-9-13(29)10-28)27-20(25-11)18(12(2)26-27)19-15(21)7-14(30-3)8-16(19)22/h6-8,13,23-24,28-29H,4-5,9-10H2,1-3H3. The lowest BCUT2D eigenvalue weighted by Gasteiger charge is -2.12. The summed E-state index contributed by atoms with van der Waals surface area (Å²) in [7, 11) is 1.56. The summed E-state index contributed by atoms with van der Waals surface area (Å²) in [6.07, 6.45) is -0.768. The molecule has 10 heteroatoms. The van der Waals surface area contributed by atoms with Crippen LogP contribution in [0, 0.1) is 13.8 Å². The van der Waals surface area contributed by atoms with Gasteiger partial charge in [0.15, 0.2) is 5.65 Å². The highest BCUT2D eigenvalue weighted by atomic mass is 35.5. The maximum atomic E-state index is 9.39. The van der Waals surface area contributed by atoms with E-state index >= 15 is 0 Å². The Morgan fingerprint density at radius 2 is 1.83 bits per heavy atom. The molecule has 0 aliphatic carbocycles. The first kappa shape index (κ1) is 22.6. The Labute approximate surface area is 184 Å². The molecule has 8 nitrogen and oxygen atoms in total. The first-order valence-corrected chi connectivity index (χ1v) is 10.2. The molecule has 0 saturated heterocycles. The van der Waals surface area contributed by atoms with Crippen LogP contribution in [-0.4, -0.2) is 64.3 Å². The second kappa shape index (κ2) is 9.80. The van der Waals surface area contributed by atoms with Crippen molar-refractivity contribution in [3.8, 4) is 16.9 Å². The van der Waals surface area contributed by atoms with Gasteiger partial charge in [0.1, 0.15) is 11.6 Å². The SMILES string of the molecule is COc1cc(Cl)c(-c2c(C)nn3c(NCCNCC(O)CO)cc(C)nc23)c(Cl)c1. The Balaban J connectivity index is 1.93. The van der Waals surface area contributed by atoms with Crippen LogP contribution in [0.1, 0.15) is 11.4 Å². The molecule has 4 N–H and O–H groups in total. The van der Waals surface area contributed by atoms with E-state index in [2.05, 4.69) is 20.7 Å². The molecular formula is C20H25Cl2N5O3. The Bertz CT molecular complexity index is 1020. The predicted molar refractivity (Wildman–Crippen MR) is 119 cm³/mol. The van der Waals surface area contributed by atoms with Crippen LogP contribution in [0.4, 0.5) is 5.82 Å². The lowest BCUT2D eigenvalue weighted by molar-refractivity contribution is 0.0949. The summed E-state index contributed by atoms with van der Waals surface area (Å²) in [5.41, 5.74) is 3.64. The summed E-state index contributed by atoms with van der Waals surface area (Å²) < 4.78 is 6.97. The molecule has 0 saturated carbocycles. The van der Waals surface area contributed by atoms with E-state index in [-0.39, 0.29) is 6.61 Å². The van der Waals surface area contributed by atoms with Crippen LogP contribution in [0.5, 0.6) is 5.75 Å². The van der Waals surface area contributed by atoms with E-state index in [4.69, 9.17) is 33.0 Å². The Morgan fingerprint density at radius 1 is 1.13 bits per heavy atom. The quantitative estimate of drug-likeness (QED) is 0.369. The van der Waals surface area contributed by atoms with Crippen LogP contribution < -0.4 is 15.4 Å². The monoisotopic (exact) mass is 453 g/mol. The maximum Gasteiger partial charge on any atom is 0.165 e. The Hall–Kier alpha value is -2.10. The fraction of sp³-hybridized carbons (Fsp3) is 0.400. The van der Waals surface area contributed by atoms with Crippen molar-refractivity contribution in [1.29, 1.82) is 0 Å². The molecular weight excluding hydrogens is 429 g/mol. The number of aliphatic hydroxyl groups is 2. The van der Waals surface area contributed by atoms with Gasteiger partial charge in [0, 0.05) is 37.0 Å². The number of aryl methyl sites for hydroxylation is 2. The molecule has 1 aromatic carbocycles. The van der Waals surface area contributed by atoms with Crippen molar-refractivity contribution in [2.45, 2.75) is 20.0 Å². The molecule has 0 spiro atoms. The normalized spacial score (nSPS) is 12.4. The van der Waals surface area contributed by atoms with Crippen molar-refractivity contribution >= 4 is 34.7 Å². The molecule has 0 amide bonds. The highest BCUT2D eigenvalue weighted by molar-refractivity contribution is 6.39. The third kappa shape index (κ3) is 4.79. The number of anilines is 1. The van der Waals surface area contributed by atoms with Crippen molar-refractivity contribution in [2.75, 3.05) is 38.7 Å². The van der Waals surface area contributed by atoms with Gasteiger partial charge < -0.3 is 25.6 Å². The number of hydrogen-bond acceptors (Lipinski definition) is 7. The summed E-state index contributed by atoms with van der Waals surface area (Å²) in [6.45, 7) is 5.04. The Kier molecular flexibility index (Phi) is 7.38. The summed E-state index contributed by atoms with van der Waals surface area (Å²) in [5, 5.41) is 30.2. The van der Waals surface area contributed by atoms with Gasteiger partial charge in [-0.25, -0.2) is 4.98 Å². The average molecular weight is 454 g/mol. The topological polar surface area (TPSA) is 104 Å². The molecule has 162 valence electrons. The number of hydrogen-bond donors (Lipinski definition) is 4. The number of halogens is 2. The molecule has 0 bridgehead atoms. The number of fused-ring (bicyclic) bond motifs is 1. The zero-order chi connectivity index (χ0) is 21.8. The van der Waals surface area contributed by atoms with Gasteiger partial charge in [0.2, 0.25) is 0 Å². The fourth-order valence-corrected chi connectivity index (χ4v) is 3.84. The summed E-state index contributed by atoms with van der Waals surface area (Å²) in [6, 6.07) is 5.34. The fourth-order valence-electron chi connectivity index (χ4n) is 3.18. The maximum absolute atomic E-state index is 9.39. The lowest BCUT2D eigenvalue weighted by Crippen LogP contribution is -2.32. The van der Waals surface area contributed by atoms with Crippen LogP contribution in [0.2, 0.25) is 10.0 Å². The van der Waals surface area contributed by atoms with Crippen molar-refractivity contribution in [3.63, 3.8) is 0 Å². The number of rotatable bonds is 9. The minimum atomic E-state index is -0.768. The van der Waals surface area contributed by atoms with Gasteiger partial charge in [-0.05, 0) is 26.0 Å². The molecule has 0 aliphatic heterocycles. The predicted octanol–water partition coefficient (Wildman–Crippen LogP) is 2.68. The molecule has 0 fully saturated rings. The molecule has 2 heterocycles. The third-order valence-electron chi connectivity index (χ3n) is 4.59. The molecule has 2 aromatic heterocycles. The molecule has 30 heavy (non-hydrogen) atoms. The second-order valence-corrected chi connectivity index (χ2v) is 7.73. The van der Waals surface area contributed by atoms with Gasteiger partial charge in [0.05, 0.1) is 41.1 Å². The molecule has 0 aliphatic rings. The first-order chi connectivity index (χ1) is 14.3. The van der Waals surface area contributed by atoms with Gasteiger partial charge in [0.25, 0.3) is 0 Å². The van der Waals surface area contributed by atoms with E-state index < -0.39 is 6.10 Å². The number of aliphatic hydroxyl groups excluding tert-OH is 2. The van der Waals surface area contributed by atoms with Gasteiger partial charge >= 0.3 is 0 Å². The van der Waals surface area contributed by atoms with Crippen molar-refractivity contribution in [3.05, 3.63) is 39.6 Å². The van der Waals surface area contributed by atoms with Gasteiger partial charge in [-0.15, -0.1) is 0 Å². The number of methoxy groups -OCH3 is 1. The zero-order valence-corrected chi connectivity index (χ0v) is 18.5. The minimum Gasteiger partial charge on any atom is -0.497 e. The van der Waals surface area contributed by atoms with Crippen LogP contribution >= 0.6 is 23.2 Å². The molecule has 3 rings (SSSR count). The highest BCUT2D eigenvalue weighted by Crippen LogP contribution is 2.41. The number of nitrogens with zero attached hydrogens (tertiary/aromatic N) is 3. The summed E-state index contributed by atoms with van der Waals surface area (Å²) >= 11 is 13.0. The number of ether oxygens (including phenoxy) is 1. The summed E-state index contributed by atoms with van der Waals surface area (Å²) in [4.78, 5) is 4.67. The van der Waals surface area contributed by atoms with E-state index in [1.807, 2.05) is 19.9 Å². The molecule has 1 atom stereocenters. The summed E-state index contributed by atoms with van der Waals surface area (Å²) in [5.74, 6) is 1.35. The molecule has 0 radical (unpaired) electrons. The first-order valence-electron chi connectivity index (χ1n) is 9.49. The van der Waals surface area contributed by atoms with Gasteiger partial charge in [-0.2, -0.15) is 9.61 Å². The van der Waals surface area contributed by atoms with Crippen molar-refractivity contribution in [2.24, 2.45) is 0 Å². The number of benzene rings is 1. The van der Waals surface area contributed by atoms with E-state index in [1.54, 1.807) is 23.8 Å². The average Bonchev–Trinajstić information content (AvgIpc) is 3.02. The van der Waals surface area contributed by atoms with Crippen LogP contribution in [0.15, 0.2) is 18.2 Å². The van der Waals surface area contributed by atoms with E-state index in [0.717, 1.165) is 22.8 Å². The lowest BCUT2D eigenvalue weighted by atomic mass is 10.1.